The van der Waals surface area contributed by atoms with Crippen molar-refractivity contribution in [2.75, 3.05) is 13.7 Å². The lowest BCUT2D eigenvalue weighted by molar-refractivity contribution is 0.311. The smallest absolute Gasteiger partial charge is 0.161 e. The molecule has 0 atom stereocenters. The number of nitrogens with zero attached hydrogens (tertiary/aromatic N) is 2. The summed E-state index contributed by atoms with van der Waals surface area (Å²) in [5.41, 5.74) is 3.55. The van der Waals surface area contributed by atoms with E-state index in [0.717, 1.165) is 27.7 Å². The molecule has 4 nitrogen and oxygen atoms in total. The monoisotopic (exact) mass is 390 g/mol. The van der Waals surface area contributed by atoms with Crippen LogP contribution in [0.15, 0.2) is 66.7 Å². The summed E-state index contributed by atoms with van der Waals surface area (Å²) in [6.07, 6.45) is 0. The first kappa shape index (κ1) is 18.3. The van der Waals surface area contributed by atoms with Crippen LogP contribution < -0.4 is 9.47 Å². The molecule has 0 saturated heterocycles. The Morgan fingerprint density at radius 1 is 0.857 bits per heavy atom. The zero-order valence-corrected chi connectivity index (χ0v) is 16.4. The number of halogens is 1. The standard InChI is InChI=1S/C23H19ClN2O2/c1-3-28-21-13-16(9-12-20(21)27-2)23-25-19-11-10-17(24)14-18(19)22(26-23)15-7-5-4-6-8-15/h4-14H,3H2,1-2H3. The molecule has 0 amide bonds. The molecule has 0 unspecified atom stereocenters. The van der Waals surface area contributed by atoms with Gasteiger partial charge in [-0.2, -0.15) is 0 Å². The maximum Gasteiger partial charge on any atom is 0.161 e. The van der Waals surface area contributed by atoms with Crippen molar-refractivity contribution < 1.29 is 9.47 Å². The first-order valence-electron chi connectivity index (χ1n) is 9.03. The Morgan fingerprint density at radius 2 is 1.68 bits per heavy atom. The van der Waals surface area contributed by atoms with E-state index in [2.05, 4.69) is 0 Å². The Bertz CT molecular complexity index is 1130. The first-order valence-corrected chi connectivity index (χ1v) is 9.41. The third-order valence-corrected chi connectivity index (χ3v) is 4.66. The zero-order chi connectivity index (χ0) is 19.5. The average Bonchev–Trinajstić information content (AvgIpc) is 2.74. The largest absolute Gasteiger partial charge is 0.493 e. The Hall–Kier alpha value is -3.11. The normalized spacial score (nSPS) is 10.8. The number of rotatable bonds is 5. The van der Waals surface area contributed by atoms with Crippen LogP contribution in [0, 0.1) is 0 Å². The van der Waals surface area contributed by atoms with Gasteiger partial charge in [0.2, 0.25) is 0 Å². The summed E-state index contributed by atoms with van der Waals surface area (Å²) in [6, 6.07) is 21.4. The highest BCUT2D eigenvalue weighted by Crippen LogP contribution is 2.34. The predicted octanol–water partition coefficient (Wildman–Crippen LogP) is 6.02. The van der Waals surface area contributed by atoms with E-state index in [4.69, 9.17) is 31.0 Å². The van der Waals surface area contributed by atoms with Gasteiger partial charge in [-0.15, -0.1) is 0 Å². The van der Waals surface area contributed by atoms with E-state index in [1.165, 1.54) is 0 Å². The maximum atomic E-state index is 6.24. The molecule has 0 aliphatic heterocycles. The topological polar surface area (TPSA) is 44.2 Å². The third-order valence-electron chi connectivity index (χ3n) is 4.43. The van der Waals surface area contributed by atoms with Crippen LogP contribution in [0.1, 0.15) is 6.92 Å². The van der Waals surface area contributed by atoms with E-state index in [1.54, 1.807) is 7.11 Å². The van der Waals surface area contributed by atoms with Crippen LogP contribution in [0.3, 0.4) is 0 Å². The highest BCUT2D eigenvalue weighted by Gasteiger charge is 2.14. The Labute approximate surface area is 168 Å². The van der Waals surface area contributed by atoms with Gasteiger partial charge < -0.3 is 9.47 Å². The summed E-state index contributed by atoms with van der Waals surface area (Å²) in [7, 11) is 1.63. The number of benzene rings is 3. The molecule has 0 bridgehead atoms. The van der Waals surface area contributed by atoms with Crippen molar-refractivity contribution in [1.82, 2.24) is 9.97 Å². The van der Waals surface area contributed by atoms with Gasteiger partial charge in [0.1, 0.15) is 0 Å². The van der Waals surface area contributed by atoms with Crippen LogP contribution in [0.2, 0.25) is 5.02 Å². The molecule has 0 saturated carbocycles. The van der Waals surface area contributed by atoms with Crippen molar-refractivity contribution in [3.8, 4) is 34.1 Å². The van der Waals surface area contributed by atoms with Crippen molar-refractivity contribution in [1.29, 1.82) is 0 Å². The van der Waals surface area contributed by atoms with Crippen molar-refractivity contribution in [3.63, 3.8) is 0 Å². The molecule has 28 heavy (non-hydrogen) atoms. The van der Waals surface area contributed by atoms with Crippen LogP contribution in [0.4, 0.5) is 0 Å². The minimum absolute atomic E-state index is 0.548. The number of fused-ring (bicyclic) bond motifs is 1. The van der Waals surface area contributed by atoms with Crippen LogP contribution >= 0.6 is 11.6 Å². The molecular weight excluding hydrogens is 372 g/mol. The average molecular weight is 391 g/mol. The fraction of sp³-hybridized carbons (Fsp3) is 0.130. The number of aromatic nitrogens is 2. The summed E-state index contributed by atoms with van der Waals surface area (Å²) >= 11 is 6.24. The molecule has 0 radical (unpaired) electrons. The van der Waals surface area contributed by atoms with Crippen LogP contribution in [0.25, 0.3) is 33.5 Å². The van der Waals surface area contributed by atoms with Gasteiger partial charge >= 0.3 is 0 Å². The van der Waals surface area contributed by atoms with E-state index in [9.17, 15) is 0 Å². The van der Waals surface area contributed by atoms with Crippen molar-refractivity contribution >= 4 is 22.5 Å². The minimum Gasteiger partial charge on any atom is -0.493 e. The van der Waals surface area contributed by atoms with E-state index >= 15 is 0 Å². The van der Waals surface area contributed by atoms with Gasteiger partial charge in [0.05, 0.1) is 24.9 Å². The second kappa shape index (κ2) is 7.87. The second-order valence-corrected chi connectivity index (χ2v) is 6.66. The van der Waals surface area contributed by atoms with Gasteiger partial charge in [-0.1, -0.05) is 41.9 Å². The van der Waals surface area contributed by atoms with Gasteiger partial charge in [-0.3, -0.25) is 0 Å². The van der Waals surface area contributed by atoms with E-state index in [1.807, 2.05) is 73.7 Å². The number of hydrogen-bond acceptors (Lipinski definition) is 4. The lowest BCUT2D eigenvalue weighted by Gasteiger charge is -2.12. The third kappa shape index (κ3) is 3.51. The maximum absolute atomic E-state index is 6.24. The zero-order valence-electron chi connectivity index (χ0n) is 15.6. The molecule has 3 aromatic carbocycles. The summed E-state index contributed by atoms with van der Waals surface area (Å²) in [5, 5.41) is 1.57. The lowest BCUT2D eigenvalue weighted by atomic mass is 10.1. The van der Waals surface area contributed by atoms with Gasteiger partial charge in [-0.25, -0.2) is 9.97 Å². The lowest BCUT2D eigenvalue weighted by Crippen LogP contribution is -1.98. The minimum atomic E-state index is 0.548. The van der Waals surface area contributed by atoms with E-state index in [0.29, 0.717) is 29.0 Å². The SMILES string of the molecule is CCOc1cc(-c2nc(-c3ccccc3)c3cc(Cl)ccc3n2)ccc1OC. The number of hydrogen-bond donors (Lipinski definition) is 0. The van der Waals surface area contributed by atoms with Gasteiger partial charge in [0, 0.05) is 21.5 Å². The molecular formula is C23H19ClN2O2. The molecule has 0 aliphatic carbocycles. The summed E-state index contributed by atoms with van der Waals surface area (Å²) in [4.78, 5) is 9.64. The molecule has 4 aromatic rings. The quantitative estimate of drug-likeness (QED) is 0.417. The van der Waals surface area contributed by atoms with Crippen LogP contribution in [0.5, 0.6) is 11.5 Å². The summed E-state index contributed by atoms with van der Waals surface area (Å²) in [5.74, 6) is 1.97. The predicted molar refractivity (Wildman–Crippen MR) is 113 cm³/mol. The molecule has 4 rings (SSSR count). The van der Waals surface area contributed by atoms with Crippen LogP contribution in [-0.4, -0.2) is 23.7 Å². The van der Waals surface area contributed by atoms with Crippen LogP contribution in [-0.2, 0) is 0 Å². The molecule has 1 heterocycles. The fourth-order valence-electron chi connectivity index (χ4n) is 3.13. The summed E-state index contributed by atoms with van der Waals surface area (Å²) in [6.45, 7) is 2.49. The number of ether oxygens (including phenoxy) is 2. The second-order valence-electron chi connectivity index (χ2n) is 6.22. The highest BCUT2D eigenvalue weighted by atomic mass is 35.5. The summed E-state index contributed by atoms with van der Waals surface area (Å²) < 4.78 is 11.1. The van der Waals surface area contributed by atoms with E-state index < -0.39 is 0 Å². The van der Waals surface area contributed by atoms with Crippen molar-refractivity contribution in [2.24, 2.45) is 0 Å². The van der Waals surface area contributed by atoms with Gasteiger partial charge in [0.15, 0.2) is 17.3 Å². The molecule has 0 aliphatic rings. The molecule has 5 heteroatoms. The molecule has 0 fully saturated rings. The van der Waals surface area contributed by atoms with Gasteiger partial charge in [0.25, 0.3) is 0 Å². The molecule has 0 spiro atoms. The molecule has 0 N–H and O–H groups in total. The first-order chi connectivity index (χ1) is 13.7. The Kier molecular flexibility index (Phi) is 5.13. The van der Waals surface area contributed by atoms with E-state index in [-0.39, 0.29) is 0 Å². The Morgan fingerprint density at radius 3 is 2.43 bits per heavy atom. The number of methoxy groups -OCH3 is 1. The van der Waals surface area contributed by atoms with Crippen molar-refractivity contribution in [2.45, 2.75) is 6.92 Å². The fourth-order valence-corrected chi connectivity index (χ4v) is 3.30. The molecule has 140 valence electrons. The van der Waals surface area contributed by atoms with Gasteiger partial charge in [-0.05, 0) is 43.3 Å². The molecule has 1 aromatic heterocycles. The Balaban J connectivity index is 1.94. The highest BCUT2D eigenvalue weighted by molar-refractivity contribution is 6.31. The van der Waals surface area contributed by atoms with Crippen molar-refractivity contribution in [3.05, 3.63) is 71.8 Å².